The van der Waals surface area contributed by atoms with Crippen molar-refractivity contribution in [2.24, 2.45) is 0 Å². The normalized spacial score (nSPS) is 16.1. The van der Waals surface area contributed by atoms with Crippen LogP contribution in [-0.2, 0) is 16.6 Å². The Morgan fingerprint density at radius 1 is 1.11 bits per heavy atom. The molecule has 0 aliphatic carbocycles. The van der Waals surface area contributed by atoms with Gasteiger partial charge in [-0.1, -0.05) is 13.0 Å². The van der Waals surface area contributed by atoms with Gasteiger partial charge in [0.15, 0.2) is 0 Å². The molecule has 1 aliphatic heterocycles. The molecule has 0 unspecified atom stereocenters. The second-order valence-corrected chi connectivity index (χ2v) is 9.72. The van der Waals surface area contributed by atoms with Crippen molar-refractivity contribution in [3.63, 3.8) is 0 Å². The highest BCUT2D eigenvalue weighted by Gasteiger charge is 2.21. The zero-order chi connectivity index (χ0) is 20.0. The molecule has 152 valence electrons. The molecule has 1 N–H and O–H groups in total. The lowest BCUT2D eigenvalue weighted by atomic mass is 10.2. The van der Waals surface area contributed by atoms with Crippen molar-refractivity contribution < 1.29 is 13.2 Å². The van der Waals surface area contributed by atoms with Crippen molar-refractivity contribution in [2.75, 3.05) is 32.7 Å². The van der Waals surface area contributed by atoms with Crippen LogP contribution in [0.2, 0.25) is 0 Å². The molecule has 0 saturated carbocycles. The highest BCUT2D eigenvalue weighted by molar-refractivity contribution is 7.89. The maximum Gasteiger partial charge on any atom is 0.253 e. The van der Waals surface area contributed by atoms with Crippen LogP contribution in [0.5, 0.6) is 0 Å². The minimum atomic E-state index is -3.51. The van der Waals surface area contributed by atoms with Crippen LogP contribution in [0.1, 0.15) is 35.0 Å². The maximum atomic E-state index is 12.9. The van der Waals surface area contributed by atoms with Crippen molar-refractivity contribution in [2.45, 2.75) is 31.2 Å². The molecule has 1 aliphatic rings. The van der Waals surface area contributed by atoms with Gasteiger partial charge in [-0.05, 0) is 48.6 Å². The van der Waals surface area contributed by atoms with E-state index in [1.807, 2.05) is 11.8 Å². The van der Waals surface area contributed by atoms with E-state index in [0.29, 0.717) is 18.7 Å². The van der Waals surface area contributed by atoms with Gasteiger partial charge in [-0.2, -0.15) is 0 Å². The minimum absolute atomic E-state index is 0.0385. The molecule has 2 heterocycles. The van der Waals surface area contributed by atoms with Gasteiger partial charge in [0.2, 0.25) is 10.0 Å². The third-order valence-corrected chi connectivity index (χ3v) is 7.13. The first kappa shape index (κ1) is 21.0. The number of amides is 1. The largest absolute Gasteiger partial charge is 0.337 e. The number of hydrogen-bond acceptors (Lipinski definition) is 5. The Morgan fingerprint density at radius 3 is 2.57 bits per heavy atom. The van der Waals surface area contributed by atoms with E-state index in [4.69, 9.17) is 0 Å². The maximum absolute atomic E-state index is 12.9. The summed E-state index contributed by atoms with van der Waals surface area (Å²) >= 11 is 1.76. The average Bonchev–Trinajstić information content (AvgIpc) is 3.10. The molecule has 0 bridgehead atoms. The molecule has 1 fully saturated rings. The Morgan fingerprint density at radius 2 is 1.89 bits per heavy atom. The zero-order valence-corrected chi connectivity index (χ0v) is 17.8. The molecular formula is C20H27N3O3S2. The molecule has 0 atom stereocenters. The van der Waals surface area contributed by atoms with E-state index >= 15 is 0 Å². The Balaban J connectivity index is 1.60. The second kappa shape index (κ2) is 9.65. The fourth-order valence-electron chi connectivity index (χ4n) is 3.23. The monoisotopic (exact) mass is 421 g/mol. The number of hydrogen-bond donors (Lipinski definition) is 1. The fourth-order valence-corrected chi connectivity index (χ4v) is 5.11. The van der Waals surface area contributed by atoms with E-state index < -0.39 is 10.0 Å². The topological polar surface area (TPSA) is 69.7 Å². The summed E-state index contributed by atoms with van der Waals surface area (Å²) in [7, 11) is -3.51. The smallest absolute Gasteiger partial charge is 0.253 e. The lowest BCUT2D eigenvalue weighted by Gasteiger charge is -2.22. The molecule has 1 amide bonds. The Hall–Kier alpha value is -1.74. The molecule has 1 aromatic heterocycles. The molecular weight excluding hydrogens is 394 g/mol. The van der Waals surface area contributed by atoms with Crippen LogP contribution in [0.15, 0.2) is 46.7 Å². The minimum Gasteiger partial charge on any atom is -0.337 e. The van der Waals surface area contributed by atoms with Crippen molar-refractivity contribution in [1.29, 1.82) is 0 Å². The van der Waals surface area contributed by atoms with Crippen molar-refractivity contribution in [3.05, 3.63) is 52.2 Å². The molecule has 28 heavy (non-hydrogen) atoms. The molecule has 1 saturated heterocycles. The number of benzene rings is 1. The Bertz CT molecular complexity index is 865. The molecule has 6 nitrogen and oxygen atoms in total. The first-order valence-electron chi connectivity index (χ1n) is 9.63. The zero-order valence-electron chi connectivity index (χ0n) is 16.1. The lowest BCUT2D eigenvalue weighted by Crippen LogP contribution is -2.35. The first-order valence-corrected chi connectivity index (χ1v) is 12.0. The number of sulfonamides is 1. The van der Waals surface area contributed by atoms with Gasteiger partial charge in [0.1, 0.15) is 0 Å². The summed E-state index contributed by atoms with van der Waals surface area (Å²) in [6, 6.07) is 10.4. The standard InChI is InChI=1S/C20H27N3O3S2/c1-2-10-21-28(25,26)19-8-6-17(7-9-19)20(24)23-12-4-11-22(13-14-23)16-18-5-3-15-27-18/h3,5-9,15,21H,2,4,10-14,16H2,1H3. The van der Waals surface area contributed by atoms with Crippen LogP contribution in [0.3, 0.4) is 0 Å². The molecule has 3 rings (SSSR count). The number of rotatable bonds is 7. The van der Waals surface area contributed by atoms with Crippen LogP contribution in [0.25, 0.3) is 0 Å². The van der Waals surface area contributed by atoms with Crippen LogP contribution in [0.4, 0.5) is 0 Å². The van der Waals surface area contributed by atoms with Crippen LogP contribution >= 0.6 is 11.3 Å². The Labute approximate surface area is 171 Å². The van der Waals surface area contributed by atoms with Crippen molar-refractivity contribution in [1.82, 2.24) is 14.5 Å². The summed E-state index contributed by atoms with van der Waals surface area (Å²) in [4.78, 5) is 18.6. The Kier molecular flexibility index (Phi) is 7.23. The highest BCUT2D eigenvalue weighted by Crippen LogP contribution is 2.16. The molecule has 2 aromatic rings. The summed E-state index contributed by atoms with van der Waals surface area (Å²) in [5.41, 5.74) is 0.529. The summed E-state index contributed by atoms with van der Waals surface area (Å²) in [5, 5.41) is 2.09. The van der Waals surface area contributed by atoms with Gasteiger partial charge < -0.3 is 4.90 Å². The fraction of sp³-hybridized carbons (Fsp3) is 0.450. The van der Waals surface area contributed by atoms with Gasteiger partial charge in [0.05, 0.1) is 4.90 Å². The molecule has 0 spiro atoms. The predicted molar refractivity (Wildman–Crippen MR) is 112 cm³/mol. The predicted octanol–water partition coefficient (Wildman–Crippen LogP) is 2.78. The number of nitrogens with zero attached hydrogens (tertiary/aromatic N) is 2. The van der Waals surface area contributed by atoms with Gasteiger partial charge in [0, 0.05) is 49.7 Å². The van der Waals surface area contributed by atoms with Crippen LogP contribution < -0.4 is 4.72 Å². The van der Waals surface area contributed by atoms with Crippen molar-refractivity contribution >= 4 is 27.3 Å². The van der Waals surface area contributed by atoms with Crippen LogP contribution in [-0.4, -0.2) is 56.8 Å². The van der Waals surface area contributed by atoms with Crippen molar-refractivity contribution in [3.8, 4) is 0 Å². The van der Waals surface area contributed by atoms with E-state index in [0.717, 1.165) is 39.0 Å². The van der Waals surface area contributed by atoms with E-state index in [1.165, 1.54) is 17.0 Å². The number of carbonyl (C=O) groups is 1. The number of thiophene rings is 1. The summed E-state index contributed by atoms with van der Waals surface area (Å²) in [5.74, 6) is -0.0385. The van der Waals surface area contributed by atoms with E-state index in [1.54, 1.807) is 23.5 Å². The van der Waals surface area contributed by atoms with E-state index in [9.17, 15) is 13.2 Å². The summed E-state index contributed by atoms with van der Waals surface area (Å²) in [6.07, 6.45) is 1.67. The van der Waals surface area contributed by atoms with Gasteiger partial charge in [-0.15, -0.1) is 11.3 Å². The molecule has 1 aromatic carbocycles. The van der Waals surface area contributed by atoms with Gasteiger partial charge in [-0.25, -0.2) is 13.1 Å². The number of carbonyl (C=O) groups excluding carboxylic acids is 1. The summed E-state index contributed by atoms with van der Waals surface area (Å²) in [6.45, 7) is 6.46. The van der Waals surface area contributed by atoms with Gasteiger partial charge in [0.25, 0.3) is 5.91 Å². The highest BCUT2D eigenvalue weighted by atomic mass is 32.2. The lowest BCUT2D eigenvalue weighted by molar-refractivity contribution is 0.0761. The first-order chi connectivity index (χ1) is 13.5. The quantitative estimate of drug-likeness (QED) is 0.746. The summed E-state index contributed by atoms with van der Waals surface area (Å²) < 4.78 is 26.9. The second-order valence-electron chi connectivity index (χ2n) is 6.92. The van der Waals surface area contributed by atoms with Gasteiger partial charge in [-0.3, -0.25) is 9.69 Å². The van der Waals surface area contributed by atoms with Crippen LogP contribution in [0, 0.1) is 0 Å². The third-order valence-electron chi connectivity index (χ3n) is 4.79. The SMILES string of the molecule is CCCNS(=O)(=O)c1ccc(C(=O)N2CCCN(Cc3cccs3)CC2)cc1. The van der Waals surface area contributed by atoms with E-state index in [2.05, 4.69) is 27.1 Å². The molecule has 0 radical (unpaired) electrons. The van der Waals surface area contributed by atoms with Gasteiger partial charge >= 0.3 is 0 Å². The molecule has 8 heteroatoms. The third kappa shape index (κ3) is 5.41. The average molecular weight is 422 g/mol. The number of nitrogens with one attached hydrogen (secondary N) is 1. The van der Waals surface area contributed by atoms with E-state index in [-0.39, 0.29) is 10.8 Å².